The number of anilines is 2. The van der Waals surface area contributed by atoms with E-state index in [9.17, 15) is 4.39 Å². The van der Waals surface area contributed by atoms with Gasteiger partial charge in [-0.15, -0.1) is 0 Å². The van der Waals surface area contributed by atoms with Gasteiger partial charge in [-0.25, -0.2) is 4.39 Å². The largest absolute Gasteiger partial charge is 0.398 e. The summed E-state index contributed by atoms with van der Waals surface area (Å²) < 4.78 is 13.5. The third-order valence-electron chi connectivity index (χ3n) is 2.91. The molecule has 0 heterocycles. The summed E-state index contributed by atoms with van der Waals surface area (Å²) in [5.41, 5.74) is 12.9. The van der Waals surface area contributed by atoms with Crippen molar-refractivity contribution in [3.63, 3.8) is 0 Å². The van der Waals surface area contributed by atoms with E-state index in [1.807, 2.05) is 0 Å². The van der Waals surface area contributed by atoms with Crippen molar-refractivity contribution in [2.75, 3.05) is 11.1 Å². The Hall–Kier alpha value is -1.29. The van der Waals surface area contributed by atoms with Crippen LogP contribution in [0.4, 0.5) is 15.8 Å². The van der Waals surface area contributed by atoms with Crippen molar-refractivity contribution in [2.45, 2.75) is 31.8 Å². The number of hydrogen-bond donors (Lipinski definition) is 3. The van der Waals surface area contributed by atoms with Gasteiger partial charge in [-0.05, 0) is 37.0 Å². The molecule has 0 spiro atoms. The maximum atomic E-state index is 13.5. The number of benzene rings is 1. The van der Waals surface area contributed by atoms with Crippen LogP contribution >= 0.6 is 0 Å². The van der Waals surface area contributed by atoms with Crippen LogP contribution in [0.5, 0.6) is 0 Å². The van der Waals surface area contributed by atoms with Gasteiger partial charge in [0.1, 0.15) is 5.82 Å². The lowest BCUT2D eigenvalue weighted by molar-refractivity contribution is 0.443. The molecule has 3 nitrogen and oxygen atoms in total. The second-order valence-corrected chi connectivity index (χ2v) is 4.01. The highest BCUT2D eigenvalue weighted by molar-refractivity contribution is 5.58. The summed E-state index contributed by atoms with van der Waals surface area (Å²) in [5, 5.41) is 3.16. The minimum absolute atomic E-state index is 0.295. The molecule has 0 amide bonds. The zero-order valence-electron chi connectivity index (χ0n) is 8.59. The summed E-state index contributed by atoms with van der Waals surface area (Å²) >= 11 is 0. The second kappa shape index (κ2) is 4.06. The van der Waals surface area contributed by atoms with Gasteiger partial charge in [-0.3, -0.25) is 0 Å². The van der Waals surface area contributed by atoms with Crippen molar-refractivity contribution in [2.24, 2.45) is 5.73 Å². The van der Waals surface area contributed by atoms with Crippen molar-refractivity contribution in [1.82, 2.24) is 0 Å². The molecule has 15 heavy (non-hydrogen) atoms. The zero-order valence-corrected chi connectivity index (χ0v) is 8.59. The molecule has 5 N–H and O–H groups in total. The number of nitrogens with one attached hydrogen (secondary N) is 1. The van der Waals surface area contributed by atoms with Crippen LogP contribution in [0.1, 0.15) is 24.8 Å². The molecule has 2 rings (SSSR count). The highest BCUT2D eigenvalue weighted by atomic mass is 19.1. The molecule has 1 fully saturated rings. The first-order chi connectivity index (χ1) is 7.20. The second-order valence-electron chi connectivity index (χ2n) is 4.01. The number of hydrogen-bond acceptors (Lipinski definition) is 3. The molecular formula is C11H16FN3. The van der Waals surface area contributed by atoms with E-state index >= 15 is 0 Å². The molecule has 0 radical (unpaired) electrons. The summed E-state index contributed by atoms with van der Waals surface area (Å²) in [5.74, 6) is -0.295. The quantitative estimate of drug-likeness (QED) is 0.665. The average Bonchev–Trinajstić information content (AvgIpc) is 2.14. The van der Waals surface area contributed by atoms with E-state index in [2.05, 4.69) is 5.32 Å². The normalized spacial score (nSPS) is 16.1. The van der Waals surface area contributed by atoms with Gasteiger partial charge in [0.05, 0.1) is 5.69 Å². The van der Waals surface area contributed by atoms with Crippen molar-refractivity contribution in [1.29, 1.82) is 0 Å². The molecule has 4 heteroatoms. The fourth-order valence-electron chi connectivity index (χ4n) is 1.69. The van der Waals surface area contributed by atoms with E-state index in [1.54, 1.807) is 6.07 Å². The Bertz CT molecular complexity index is 361. The van der Waals surface area contributed by atoms with Gasteiger partial charge in [0, 0.05) is 18.3 Å². The lowest BCUT2D eigenvalue weighted by Gasteiger charge is -2.28. The van der Waals surface area contributed by atoms with Crippen molar-refractivity contribution < 1.29 is 4.39 Å². The van der Waals surface area contributed by atoms with Gasteiger partial charge in [-0.2, -0.15) is 0 Å². The van der Waals surface area contributed by atoms with Crippen molar-refractivity contribution in [3.8, 4) is 0 Å². The first-order valence-corrected chi connectivity index (χ1v) is 5.25. The fraction of sp³-hybridized carbons (Fsp3) is 0.455. The summed E-state index contributed by atoms with van der Waals surface area (Å²) in [7, 11) is 0. The van der Waals surface area contributed by atoms with Gasteiger partial charge in [0.25, 0.3) is 0 Å². The third kappa shape index (κ3) is 2.04. The Morgan fingerprint density at radius 3 is 2.67 bits per heavy atom. The van der Waals surface area contributed by atoms with Crippen LogP contribution < -0.4 is 16.8 Å². The Morgan fingerprint density at radius 2 is 2.13 bits per heavy atom. The number of rotatable bonds is 3. The minimum atomic E-state index is -0.295. The van der Waals surface area contributed by atoms with Crippen LogP contribution in [0.2, 0.25) is 0 Å². The Morgan fingerprint density at radius 1 is 1.40 bits per heavy atom. The molecule has 0 aromatic heterocycles. The number of nitrogens with two attached hydrogens (primary N) is 2. The topological polar surface area (TPSA) is 64.1 Å². The lowest BCUT2D eigenvalue weighted by atomic mass is 9.93. The molecule has 1 aromatic carbocycles. The van der Waals surface area contributed by atoms with Crippen LogP contribution in [-0.2, 0) is 6.54 Å². The van der Waals surface area contributed by atoms with E-state index in [4.69, 9.17) is 11.5 Å². The Kier molecular flexibility index (Phi) is 2.77. The summed E-state index contributed by atoms with van der Waals surface area (Å²) in [6, 6.07) is 3.46. The van der Waals surface area contributed by atoms with E-state index in [0.29, 0.717) is 24.0 Å². The first-order valence-electron chi connectivity index (χ1n) is 5.25. The molecule has 1 aliphatic rings. The lowest BCUT2D eigenvalue weighted by Crippen LogP contribution is -2.27. The van der Waals surface area contributed by atoms with Gasteiger partial charge < -0.3 is 16.8 Å². The molecule has 0 aliphatic heterocycles. The molecule has 1 saturated carbocycles. The van der Waals surface area contributed by atoms with Gasteiger partial charge >= 0.3 is 0 Å². The maximum absolute atomic E-state index is 13.5. The Balaban J connectivity index is 2.21. The fourth-order valence-corrected chi connectivity index (χ4v) is 1.69. The zero-order chi connectivity index (χ0) is 10.8. The number of halogens is 1. The van der Waals surface area contributed by atoms with Gasteiger partial charge in [0.2, 0.25) is 0 Å². The summed E-state index contributed by atoms with van der Waals surface area (Å²) in [6.07, 6.45) is 3.45. The molecule has 1 aliphatic carbocycles. The van der Waals surface area contributed by atoms with E-state index in [1.165, 1.54) is 12.5 Å². The monoisotopic (exact) mass is 209 g/mol. The molecular weight excluding hydrogens is 193 g/mol. The predicted octanol–water partition coefficient (Wildman–Crippen LogP) is 1.83. The van der Waals surface area contributed by atoms with Crippen LogP contribution in [-0.4, -0.2) is 6.04 Å². The minimum Gasteiger partial charge on any atom is -0.398 e. The standard InChI is InChI=1S/C11H16FN3/c12-9-5-10(14)7(6-13)4-11(9)15-8-2-1-3-8/h4-5,8,15H,1-3,6,13-14H2. The Labute approximate surface area is 88.6 Å². The maximum Gasteiger partial charge on any atom is 0.148 e. The highest BCUT2D eigenvalue weighted by Crippen LogP contribution is 2.27. The molecule has 0 bridgehead atoms. The van der Waals surface area contributed by atoms with Gasteiger partial charge in [0.15, 0.2) is 0 Å². The van der Waals surface area contributed by atoms with E-state index < -0.39 is 0 Å². The molecule has 1 aromatic rings. The number of nitrogen functional groups attached to an aromatic ring is 1. The average molecular weight is 209 g/mol. The molecule has 82 valence electrons. The SMILES string of the molecule is NCc1cc(NC2CCC2)c(F)cc1N. The van der Waals surface area contributed by atoms with Crippen molar-refractivity contribution in [3.05, 3.63) is 23.5 Å². The van der Waals surface area contributed by atoms with Crippen LogP contribution in [0, 0.1) is 5.82 Å². The van der Waals surface area contributed by atoms with Crippen LogP contribution in [0.3, 0.4) is 0 Å². The summed E-state index contributed by atoms with van der Waals surface area (Å²) in [4.78, 5) is 0. The van der Waals surface area contributed by atoms with E-state index in [0.717, 1.165) is 18.4 Å². The van der Waals surface area contributed by atoms with Crippen LogP contribution in [0.25, 0.3) is 0 Å². The van der Waals surface area contributed by atoms with Crippen LogP contribution in [0.15, 0.2) is 12.1 Å². The summed E-state index contributed by atoms with van der Waals surface area (Å²) in [6.45, 7) is 0.339. The van der Waals surface area contributed by atoms with E-state index in [-0.39, 0.29) is 5.82 Å². The molecule has 0 unspecified atom stereocenters. The first kappa shape index (κ1) is 10.2. The molecule has 0 saturated heterocycles. The van der Waals surface area contributed by atoms with Crippen molar-refractivity contribution >= 4 is 11.4 Å². The highest BCUT2D eigenvalue weighted by Gasteiger charge is 2.18. The predicted molar refractivity (Wildman–Crippen MR) is 60.0 cm³/mol. The van der Waals surface area contributed by atoms with Gasteiger partial charge in [-0.1, -0.05) is 0 Å². The molecule has 0 atom stereocenters. The third-order valence-corrected chi connectivity index (χ3v) is 2.91. The smallest absolute Gasteiger partial charge is 0.148 e.